The van der Waals surface area contributed by atoms with Crippen LogP contribution in [0.25, 0.3) is 11.0 Å². The molecule has 0 spiro atoms. The minimum absolute atomic E-state index is 0.479. The Morgan fingerprint density at radius 3 is 3.06 bits per heavy atom. The van der Waals surface area contributed by atoms with Gasteiger partial charge in [-0.3, -0.25) is 4.79 Å². The van der Waals surface area contributed by atoms with Gasteiger partial charge in [0.05, 0.1) is 11.0 Å². The van der Waals surface area contributed by atoms with Gasteiger partial charge in [0.1, 0.15) is 5.25 Å². The summed E-state index contributed by atoms with van der Waals surface area (Å²) in [5, 5.41) is 9.10. The van der Waals surface area contributed by atoms with E-state index < -0.39 is 11.2 Å². The van der Waals surface area contributed by atoms with Crippen molar-refractivity contribution >= 4 is 34.5 Å². The molecular formula is C11H13N3O2S. The van der Waals surface area contributed by atoms with Crippen molar-refractivity contribution in [2.24, 2.45) is 0 Å². The molecule has 0 aliphatic heterocycles. The van der Waals surface area contributed by atoms with Crippen molar-refractivity contribution in [2.75, 3.05) is 5.73 Å². The summed E-state index contributed by atoms with van der Waals surface area (Å²) in [6.07, 6.45) is 0.555. The molecule has 1 aromatic heterocycles. The van der Waals surface area contributed by atoms with Crippen molar-refractivity contribution in [1.82, 2.24) is 9.97 Å². The van der Waals surface area contributed by atoms with E-state index in [9.17, 15) is 4.79 Å². The first kappa shape index (κ1) is 11.8. The molecule has 0 amide bonds. The second-order valence-electron chi connectivity index (χ2n) is 3.67. The molecule has 0 bridgehead atoms. The number of aromatic nitrogens is 2. The summed E-state index contributed by atoms with van der Waals surface area (Å²) in [6, 6.07) is 5.37. The standard InChI is InChI=1S/C11H13N3O2S/c1-2-9(10(15)16)17-11-13-7-4-3-6(12)5-8(7)14-11/h3-5,9H,2,12H2,1H3,(H,13,14)(H,15,16). The van der Waals surface area contributed by atoms with Crippen molar-refractivity contribution < 1.29 is 9.90 Å². The van der Waals surface area contributed by atoms with Crippen molar-refractivity contribution in [1.29, 1.82) is 0 Å². The number of anilines is 1. The van der Waals surface area contributed by atoms with Gasteiger partial charge in [0.25, 0.3) is 0 Å². The monoisotopic (exact) mass is 251 g/mol. The fourth-order valence-electron chi connectivity index (χ4n) is 1.50. The van der Waals surface area contributed by atoms with Crippen molar-refractivity contribution in [3.63, 3.8) is 0 Å². The zero-order valence-corrected chi connectivity index (χ0v) is 10.1. The fourth-order valence-corrected chi connectivity index (χ4v) is 2.36. The van der Waals surface area contributed by atoms with Gasteiger partial charge in [0, 0.05) is 5.69 Å². The largest absolute Gasteiger partial charge is 0.480 e. The molecule has 1 aromatic carbocycles. The number of carboxylic acid groups (broad SMARTS) is 1. The summed E-state index contributed by atoms with van der Waals surface area (Å²) in [6.45, 7) is 1.84. The van der Waals surface area contributed by atoms with Gasteiger partial charge in [-0.1, -0.05) is 18.7 Å². The summed E-state index contributed by atoms with van der Waals surface area (Å²) < 4.78 is 0. The lowest BCUT2D eigenvalue weighted by atomic mass is 10.3. The van der Waals surface area contributed by atoms with E-state index >= 15 is 0 Å². The molecule has 6 heteroatoms. The lowest BCUT2D eigenvalue weighted by Gasteiger charge is -2.05. The molecule has 1 atom stereocenters. The van der Waals surface area contributed by atoms with E-state index in [4.69, 9.17) is 10.8 Å². The van der Waals surface area contributed by atoms with Gasteiger partial charge >= 0.3 is 5.97 Å². The topological polar surface area (TPSA) is 92.0 Å². The van der Waals surface area contributed by atoms with E-state index in [1.165, 1.54) is 11.8 Å². The number of carboxylic acids is 1. The lowest BCUT2D eigenvalue weighted by molar-refractivity contribution is -0.136. The average Bonchev–Trinajstić information content (AvgIpc) is 2.66. The Morgan fingerprint density at radius 2 is 2.41 bits per heavy atom. The molecule has 0 saturated heterocycles. The molecule has 1 unspecified atom stereocenters. The number of hydrogen-bond acceptors (Lipinski definition) is 4. The number of aromatic amines is 1. The van der Waals surface area contributed by atoms with Crippen LogP contribution >= 0.6 is 11.8 Å². The quantitative estimate of drug-likeness (QED) is 0.571. The van der Waals surface area contributed by atoms with Crippen molar-refractivity contribution in [3.8, 4) is 0 Å². The van der Waals surface area contributed by atoms with Crippen LogP contribution in [0.15, 0.2) is 23.4 Å². The first-order chi connectivity index (χ1) is 8.10. The first-order valence-corrected chi connectivity index (χ1v) is 6.13. The number of hydrogen-bond donors (Lipinski definition) is 3. The summed E-state index contributed by atoms with van der Waals surface area (Å²) >= 11 is 1.22. The highest BCUT2D eigenvalue weighted by Crippen LogP contribution is 2.26. The SMILES string of the molecule is CCC(Sc1nc2ccc(N)cc2[nH]1)C(=O)O. The molecule has 0 aliphatic rings. The number of carbonyl (C=O) groups is 1. The highest BCUT2D eigenvalue weighted by atomic mass is 32.2. The minimum atomic E-state index is -0.822. The number of H-pyrrole nitrogens is 1. The first-order valence-electron chi connectivity index (χ1n) is 5.25. The average molecular weight is 251 g/mol. The minimum Gasteiger partial charge on any atom is -0.480 e. The van der Waals surface area contributed by atoms with E-state index in [2.05, 4.69) is 9.97 Å². The van der Waals surface area contributed by atoms with Crippen LogP contribution in [0.1, 0.15) is 13.3 Å². The van der Waals surface area contributed by atoms with E-state index in [1.807, 2.05) is 13.0 Å². The second kappa shape index (κ2) is 4.67. The number of fused-ring (bicyclic) bond motifs is 1. The fraction of sp³-hybridized carbons (Fsp3) is 0.273. The van der Waals surface area contributed by atoms with Gasteiger partial charge in [0.2, 0.25) is 0 Å². The van der Waals surface area contributed by atoms with Crippen LogP contribution in [-0.4, -0.2) is 26.3 Å². The van der Waals surface area contributed by atoms with Crippen LogP contribution in [0, 0.1) is 0 Å². The van der Waals surface area contributed by atoms with E-state index in [0.29, 0.717) is 17.3 Å². The number of nitrogen functional groups attached to an aromatic ring is 1. The molecule has 17 heavy (non-hydrogen) atoms. The Morgan fingerprint density at radius 1 is 1.65 bits per heavy atom. The Bertz CT molecular complexity index is 553. The predicted molar refractivity (Wildman–Crippen MR) is 68.1 cm³/mol. The van der Waals surface area contributed by atoms with Crippen LogP contribution in [0.5, 0.6) is 0 Å². The number of benzene rings is 1. The van der Waals surface area contributed by atoms with E-state index in [0.717, 1.165) is 11.0 Å². The van der Waals surface area contributed by atoms with Crippen LogP contribution in [-0.2, 0) is 4.79 Å². The van der Waals surface area contributed by atoms with Gasteiger partial charge in [-0.05, 0) is 24.6 Å². The number of thioether (sulfide) groups is 1. The lowest BCUT2D eigenvalue weighted by Crippen LogP contribution is -2.14. The smallest absolute Gasteiger partial charge is 0.317 e. The third-order valence-electron chi connectivity index (χ3n) is 2.38. The Kier molecular flexibility index (Phi) is 3.23. The second-order valence-corrected chi connectivity index (χ2v) is 4.86. The maximum Gasteiger partial charge on any atom is 0.317 e. The number of nitrogens with one attached hydrogen (secondary N) is 1. The Hall–Kier alpha value is -1.69. The molecule has 0 radical (unpaired) electrons. The van der Waals surface area contributed by atoms with Crippen molar-refractivity contribution in [2.45, 2.75) is 23.8 Å². The molecule has 5 nitrogen and oxygen atoms in total. The van der Waals surface area contributed by atoms with Gasteiger partial charge < -0.3 is 15.8 Å². The molecule has 4 N–H and O–H groups in total. The number of nitrogens with two attached hydrogens (primary N) is 1. The third-order valence-corrected chi connectivity index (χ3v) is 3.62. The van der Waals surface area contributed by atoms with Crippen LogP contribution < -0.4 is 5.73 Å². The van der Waals surface area contributed by atoms with Gasteiger partial charge in [0.15, 0.2) is 5.16 Å². The Balaban J connectivity index is 2.27. The molecule has 1 heterocycles. The van der Waals surface area contributed by atoms with Crippen LogP contribution in [0.2, 0.25) is 0 Å². The maximum atomic E-state index is 10.9. The number of aliphatic carboxylic acids is 1. The van der Waals surface area contributed by atoms with Gasteiger partial charge in [-0.2, -0.15) is 0 Å². The highest BCUT2D eigenvalue weighted by molar-refractivity contribution is 8.00. The Labute approximate surface area is 102 Å². The normalized spacial score (nSPS) is 12.8. The molecular weight excluding hydrogens is 238 g/mol. The molecule has 2 rings (SSSR count). The zero-order valence-electron chi connectivity index (χ0n) is 9.30. The molecule has 90 valence electrons. The summed E-state index contributed by atoms with van der Waals surface area (Å²) in [7, 11) is 0. The van der Waals surface area contributed by atoms with E-state index in [-0.39, 0.29) is 0 Å². The zero-order chi connectivity index (χ0) is 12.4. The van der Waals surface area contributed by atoms with Gasteiger partial charge in [-0.15, -0.1) is 0 Å². The summed E-state index contributed by atoms with van der Waals surface area (Å²) in [5.41, 5.74) is 7.94. The summed E-state index contributed by atoms with van der Waals surface area (Å²) in [5.74, 6) is -0.822. The predicted octanol–water partition coefficient (Wildman–Crippen LogP) is 2.10. The van der Waals surface area contributed by atoms with Crippen LogP contribution in [0.3, 0.4) is 0 Å². The third kappa shape index (κ3) is 2.52. The molecule has 2 aromatic rings. The van der Waals surface area contributed by atoms with Gasteiger partial charge in [-0.25, -0.2) is 4.98 Å². The number of rotatable bonds is 4. The van der Waals surface area contributed by atoms with E-state index in [1.54, 1.807) is 12.1 Å². The number of nitrogens with zero attached hydrogens (tertiary/aromatic N) is 1. The highest BCUT2D eigenvalue weighted by Gasteiger charge is 2.18. The number of imidazole rings is 1. The molecule has 0 fully saturated rings. The molecule has 0 saturated carbocycles. The van der Waals surface area contributed by atoms with Crippen molar-refractivity contribution in [3.05, 3.63) is 18.2 Å². The van der Waals surface area contributed by atoms with Crippen LogP contribution in [0.4, 0.5) is 5.69 Å². The maximum absolute atomic E-state index is 10.9. The summed E-state index contributed by atoms with van der Waals surface area (Å²) in [4.78, 5) is 18.3. The molecule has 0 aliphatic carbocycles.